The molecule has 1 aromatic carbocycles. The Hall–Kier alpha value is -2.83. The normalized spacial score (nSPS) is 10.0. The number of nitrogens with zero attached hydrogens (tertiary/aromatic N) is 2. The van der Waals surface area contributed by atoms with Crippen LogP contribution in [-0.2, 0) is 0 Å². The lowest BCUT2D eigenvalue weighted by atomic mass is 10.3. The minimum absolute atomic E-state index is 0.164. The van der Waals surface area contributed by atoms with Gasteiger partial charge in [0.2, 0.25) is 5.75 Å². The van der Waals surface area contributed by atoms with Crippen LogP contribution in [0.4, 0.5) is 5.82 Å². The summed E-state index contributed by atoms with van der Waals surface area (Å²) in [5.41, 5.74) is 0. The molecular weight excluding hydrogens is 288 g/mol. The second-order valence-electron chi connectivity index (χ2n) is 4.31. The molecular formula is C15H16N2O5. The number of ether oxygens (including phenoxy) is 3. The lowest BCUT2D eigenvalue weighted by Crippen LogP contribution is -2.06. The van der Waals surface area contributed by atoms with E-state index in [0.717, 1.165) is 11.5 Å². The van der Waals surface area contributed by atoms with Crippen LogP contribution in [0.15, 0.2) is 42.6 Å². The highest BCUT2D eigenvalue weighted by Gasteiger charge is 2.14. The van der Waals surface area contributed by atoms with E-state index < -0.39 is 4.92 Å². The minimum atomic E-state index is -0.566. The van der Waals surface area contributed by atoms with Gasteiger partial charge in [-0.05, 0) is 46.3 Å². The van der Waals surface area contributed by atoms with Crippen LogP contribution in [0.25, 0.3) is 0 Å². The van der Waals surface area contributed by atoms with Gasteiger partial charge in [0.05, 0.1) is 20.3 Å². The third kappa shape index (κ3) is 4.34. The molecule has 116 valence electrons. The maximum Gasteiger partial charge on any atom is 0.406 e. The number of pyridine rings is 1. The number of methoxy groups -OCH3 is 1. The van der Waals surface area contributed by atoms with Crippen LogP contribution < -0.4 is 14.2 Å². The van der Waals surface area contributed by atoms with Gasteiger partial charge in [-0.1, -0.05) is 0 Å². The zero-order valence-corrected chi connectivity index (χ0v) is 12.1. The molecule has 7 nitrogen and oxygen atoms in total. The highest BCUT2D eigenvalue weighted by molar-refractivity contribution is 5.38. The molecule has 7 heteroatoms. The molecule has 0 aliphatic heterocycles. The summed E-state index contributed by atoms with van der Waals surface area (Å²) in [6, 6.07) is 10.4. The first kappa shape index (κ1) is 15.6. The van der Waals surface area contributed by atoms with Gasteiger partial charge >= 0.3 is 5.82 Å². The molecule has 0 unspecified atom stereocenters. The number of benzene rings is 1. The molecule has 0 fully saturated rings. The van der Waals surface area contributed by atoms with Crippen LogP contribution in [0.1, 0.15) is 6.42 Å². The Labute approximate surface area is 127 Å². The Morgan fingerprint density at radius 3 is 2.45 bits per heavy atom. The van der Waals surface area contributed by atoms with E-state index in [0.29, 0.717) is 19.6 Å². The van der Waals surface area contributed by atoms with Gasteiger partial charge in [-0.3, -0.25) is 0 Å². The van der Waals surface area contributed by atoms with Gasteiger partial charge in [0.25, 0.3) is 0 Å². The summed E-state index contributed by atoms with van der Waals surface area (Å²) in [6.07, 6.45) is 1.95. The van der Waals surface area contributed by atoms with Crippen molar-refractivity contribution in [2.24, 2.45) is 0 Å². The van der Waals surface area contributed by atoms with E-state index in [1.807, 2.05) is 24.3 Å². The Bertz CT molecular complexity index is 616. The van der Waals surface area contributed by atoms with Crippen molar-refractivity contribution < 1.29 is 19.1 Å². The quantitative estimate of drug-likeness (QED) is 0.423. The molecule has 0 radical (unpaired) electrons. The molecule has 2 aromatic rings. The Kier molecular flexibility index (Phi) is 5.53. The van der Waals surface area contributed by atoms with Crippen molar-refractivity contribution >= 4 is 5.82 Å². The molecule has 2 rings (SSSR count). The fraction of sp³-hybridized carbons (Fsp3) is 0.267. The van der Waals surface area contributed by atoms with E-state index in [-0.39, 0.29) is 11.6 Å². The number of nitro groups is 1. The van der Waals surface area contributed by atoms with Gasteiger partial charge < -0.3 is 24.3 Å². The summed E-state index contributed by atoms with van der Waals surface area (Å²) < 4.78 is 16.0. The Morgan fingerprint density at radius 1 is 1.09 bits per heavy atom. The third-order valence-electron chi connectivity index (χ3n) is 2.80. The van der Waals surface area contributed by atoms with Crippen molar-refractivity contribution in [1.82, 2.24) is 4.98 Å². The average Bonchev–Trinajstić information content (AvgIpc) is 2.55. The van der Waals surface area contributed by atoms with Crippen molar-refractivity contribution in [3.05, 3.63) is 52.7 Å². The molecule has 0 aliphatic rings. The highest BCUT2D eigenvalue weighted by Crippen LogP contribution is 2.23. The molecule has 1 heterocycles. The van der Waals surface area contributed by atoms with E-state index in [2.05, 4.69) is 4.98 Å². The lowest BCUT2D eigenvalue weighted by molar-refractivity contribution is -0.390. The van der Waals surface area contributed by atoms with E-state index in [1.165, 1.54) is 12.3 Å². The predicted molar refractivity (Wildman–Crippen MR) is 79.5 cm³/mol. The summed E-state index contributed by atoms with van der Waals surface area (Å²) in [6.45, 7) is 0.753. The monoisotopic (exact) mass is 304 g/mol. The fourth-order valence-corrected chi connectivity index (χ4v) is 1.74. The second kappa shape index (κ2) is 7.82. The van der Waals surface area contributed by atoms with Gasteiger partial charge in [-0.2, -0.15) is 0 Å². The number of hydrogen-bond acceptors (Lipinski definition) is 6. The number of rotatable bonds is 8. The predicted octanol–water partition coefficient (Wildman–Crippen LogP) is 2.85. The smallest absolute Gasteiger partial charge is 0.406 e. The first-order chi connectivity index (χ1) is 10.7. The largest absolute Gasteiger partial charge is 0.497 e. The SMILES string of the molecule is COc1ccc(OCCCOc2cccnc2[N+](=O)[O-])cc1. The zero-order valence-electron chi connectivity index (χ0n) is 12.1. The van der Waals surface area contributed by atoms with Crippen LogP contribution >= 0.6 is 0 Å². The maximum absolute atomic E-state index is 10.8. The molecule has 22 heavy (non-hydrogen) atoms. The summed E-state index contributed by atoms with van der Waals surface area (Å²) in [4.78, 5) is 13.9. The van der Waals surface area contributed by atoms with Gasteiger partial charge in [-0.25, -0.2) is 0 Å². The van der Waals surface area contributed by atoms with E-state index in [4.69, 9.17) is 14.2 Å². The molecule has 1 aromatic heterocycles. The van der Waals surface area contributed by atoms with Gasteiger partial charge in [-0.15, -0.1) is 0 Å². The van der Waals surface area contributed by atoms with Crippen molar-refractivity contribution in [2.75, 3.05) is 20.3 Å². The fourth-order valence-electron chi connectivity index (χ4n) is 1.74. The molecule has 0 spiro atoms. The van der Waals surface area contributed by atoms with Crippen molar-refractivity contribution in [3.63, 3.8) is 0 Å². The Morgan fingerprint density at radius 2 is 1.77 bits per heavy atom. The van der Waals surface area contributed by atoms with Gasteiger partial charge in [0.1, 0.15) is 17.7 Å². The third-order valence-corrected chi connectivity index (χ3v) is 2.80. The van der Waals surface area contributed by atoms with E-state index in [9.17, 15) is 10.1 Å². The molecule has 0 saturated carbocycles. The summed E-state index contributed by atoms with van der Waals surface area (Å²) in [7, 11) is 1.60. The second-order valence-corrected chi connectivity index (χ2v) is 4.31. The van der Waals surface area contributed by atoms with Gasteiger partial charge in [0.15, 0.2) is 0 Å². The minimum Gasteiger partial charge on any atom is -0.497 e. The molecule has 0 saturated heterocycles. The topological polar surface area (TPSA) is 83.7 Å². The lowest BCUT2D eigenvalue weighted by Gasteiger charge is -2.08. The molecule has 0 amide bonds. The summed E-state index contributed by atoms with van der Waals surface area (Å²) >= 11 is 0. The van der Waals surface area contributed by atoms with E-state index in [1.54, 1.807) is 13.2 Å². The maximum atomic E-state index is 10.8. The van der Waals surface area contributed by atoms with Crippen LogP contribution in [-0.4, -0.2) is 30.2 Å². The summed E-state index contributed by atoms with van der Waals surface area (Å²) in [5.74, 6) is 1.38. The van der Waals surface area contributed by atoms with Crippen LogP contribution in [0.3, 0.4) is 0 Å². The first-order valence-corrected chi connectivity index (χ1v) is 6.70. The average molecular weight is 304 g/mol. The molecule has 0 N–H and O–H groups in total. The first-order valence-electron chi connectivity index (χ1n) is 6.70. The Balaban J connectivity index is 1.74. The van der Waals surface area contributed by atoms with Crippen LogP contribution in [0, 0.1) is 10.1 Å². The standard InChI is InChI=1S/C15H16N2O5/c1-20-12-5-7-13(8-6-12)21-10-3-11-22-14-4-2-9-16-15(14)17(18)19/h2,4-9H,3,10-11H2,1H3. The number of hydrogen-bond donors (Lipinski definition) is 0. The van der Waals surface area contributed by atoms with Gasteiger partial charge in [0, 0.05) is 6.42 Å². The van der Waals surface area contributed by atoms with Crippen molar-refractivity contribution in [2.45, 2.75) is 6.42 Å². The van der Waals surface area contributed by atoms with Crippen molar-refractivity contribution in [3.8, 4) is 17.2 Å². The molecule has 0 atom stereocenters. The zero-order chi connectivity index (χ0) is 15.8. The number of aromatic nitrogens is 1. The molecule has 0 bridgehead atoms. The van der Waals surface area contributed by atoms with E-state index >= 15 is 0 Å². The van der Waals surface area contributed by atoms with Crippen molar-refractivity contribution in [1.29, 1.82) is 0 Å². The highest BCUT2D eigenvalue weighted by atomic mass is 16.6. The summed E-state index contributed by atoms with van der Waals surface area (Å²) in [5, 5.41) is 10.8. The van der Waals surface area contributed by atoms with Crippen LogP contribution in [0.5, 0.6) is 17.2 Å². The molecule has 0 aliphatic carbocycles. The van der Waals surface area contributed by atoms with Crippen LogP contribution in [0.2, 0.25) is 0 Å².